The van der Waals surface area contributed by atoms with Crippen molar-refractivity contribution < 1.29 is 19.4 Å². The molecule has 1 aromatic heterocycles. The number of nitrogens with one attached hydrogen (secondary N) is 2. The summed E-state index contributed by atoms with van der Waals surface area (Å²) in [4.78, 5) is 25.8. The van der Waals surface area contributed by atoms with Gasteiger partial charge in [0.1, 0.15) is 5.69 Å². The molecular formula is C13H19N3O4. The maximum atomic E-state index is 11.5. The molecular weight excluding hydrogens is 262 g/mol. The van der Waals surface area contributed by atoms with E-state index < -0.39 is 5.97 Å². The molecule has 0 aliphatic heterocycles. The molecule has 3 N–H and O–H groups in total. The lowest BCUT2D eigenvalue weighted by Gasteiger charge is -2.08. The van der Waals surface area contributed by atoms with Gasteiger partial charge >= 0.3 is 12.0 Å². The van der Waals surface area contributed by atoms with Crippen LogP contribution in [-0.4, -0.2) is 41.8 Å². The number of carboxylic acid groups (broad SMARTS) is 1. The van der Waals surface area contributed by atoms with E-state index in [-0.39, 0.29) is 11.7 Å². The highest BCUT2D eigenvalue weighted by Gasteiger charge is 2.05. The number of urea groups is 1. The number of ether oxygens (including phenoxy) is 1. The van der Waals surface area contributed by atoms with Crippen LogP contribution in [0.1, 0.15) is 30.3 Å². The lowest BCUT2D eigenvalue weighted by Crippen LogP contribution is -2.31. The topological polar surface area (TPSA) is 101 Å². The van der Waals surface area contributed by atoms with Crippen molar-refractivity contribution in [3.63, 3.8) is 0 Å². The smallest absolute Gasteiger partial charge is 0.354 e. The summed E-state index contributed by atoms with van der Waals surface area (Å²) < 4.78 is 5.30. The number of amides is 2. The summed E-state index contributed by atoms with van der Waals surface area (Å²) in [5.41, 5.74) is 0.361. The van der Waals surface area contributed by atoms with Gasteiger partial charge in [-0.3, -0.25) is 0 Å². The van der Waals surface area contributed by atoms with Crippen LogP contribution in [0.3, 0.4) is 0 Å². The molecule has 20 heavy (non-hydrogen) atoms. The summed E-state index contributed by atoms with van der Waals surface area (Å²) in [5.74, 6) is -1.11. The van der Waals surface area contributed by atoms with E-state index in [0.717, 1.165) is 12.8 Å². The van der Waals surface area contributed by atoms with E-state index in [0.29, 0.717) is 25.4 Å². The summed E-state index contributed by atoms with van der Waals surface area (Å²) >= 11 is 0. The molecule has 0 unspecified atom stereocenters. The number of aromatic nitrogens is 1. The van der Waals surface area contributed by atoms with Crippen molar-refractivity contribution in [1.29, 1.82) is 0 Å². The minimum Gasteiger partial charge on any atom is -0.477 e. The fraction of sp³-hybridized carbons (Fsp3) is 0.462. The Morgan fingerprint density at radius 1 is 1.35 bits per heavy atom. The van der Waals surface area contributed by atoms with Crippen LogP contribution in [0, 0.1) is 0 Å². The Morgan fingerprint density at radius 2 is 2.15 bits per heavy atom. The van der Waals surface area contributed by atoms with Crippen molar-refractivity contribution in [3.05, 3.63) is 24.0 Å². The van der Waals surface area contributed by atoms with Crippen molar-refractivity contribution in [2.24, 2.45) is 0 Å². The van der Waals surface area contributed by atoms with Crippen molar-refractivity contribution in [2.45, 2.75) is 19.8 Å². The maximum Gasteiger partial charge on any atom is 0.354 e. The van der Waals surface area contributed by atoms with Crippen molar-refractivity contribution in [3.8, 4) is 0 Å². The number of nitrogens with zero attached hydrogens (tertiary/aromatic N) is 1. The van der Waals surface area contributed by atoms with Crippen LogP contribution in [0.25, 0.3) is 0 Å². The van der Waals surface area contributed by atoms with Gasteiger partial charge in [0.2, 0.25) is 0 Å². The third-order valence-electron chi connectivity index (χ3n) is 2.41. The van der Waals surface area contributed by atoms with Crippen molar-refractivity contribution in [1.82, 2.24) is 10.3 Å². The number of carboxylic acids is 1. The zero-order valence-corrected chi connectivity index (χ0v) is 11.4. The highest BCUT2D eigenvalue weighted by Crippen LogP contribution is 2.05. The molecule has 0 atom stereocenters. The van der Waals surface area contributed by atoms with E-state index >= 15 is 0 Å². The number of aromatic carboxylic acids is 1. The Balaban J connectivity index is 2.23. The van der Waals surface area contributed by atoms with Crippen LogP contribution >= 0.6 is 0 Å². The van der Waals surface area contributed by atoms with Crippen LogP contribution in [0.5, 0.6) is 0 Å². The standard InChI is InChI=1S/C13H19N3O4/c1-2-3-7-20-8-6-14-13(19)16-10-4-5-11(12(17)18)15-9-10/h4-5,9H,2-3,6-8H2,1H3,(H,17,18)(H2,14,16,19). The maximum absolute atomic E-state index is 11.5. The van der Waals surface area contributed by atoms with Gasteiger partial charge in [0, 0.05) is 13.2 Å². The van der Waals surface area contributed by atoms with E-state index in [4.69, 9.17) is 9.84 Å². The van der Waals surface area contributed by atoms with Crippen LogP contribution in [-0.2, 0) is 4.74 Å². The molecule has 1 rings (SSSR count). The van der Waals surface area contributed by atoms with Gasteiger partial charge in [-0.2, -0.15) is 0 Å². The van der Waals surface area contributed by atoms with E-state index in [1.807, 2.05) is 0 Å². The van der Waals surface area contributed by atoms with E-state index in [1.165, 1.54) is 18.3 Å². The second-order valence-corrected chi connectivity index (χ2v) is 4.08. The number of rotatable bonds is 8. The average Bonchev–Trinajstić information content (AvgIpc) is 2.43. The number of hydrogen-bond donors (Lipinski definition) is 3. The van der Waals surface area contributed by atoms with E-state index in [9.17, 15) is 9.59 Å². The average molecular weight is 281 g/mol. The largest absolute Gasteiger partial charge is 0.477 e. The summed E-state index contributed by atoms with van der Waals surface area (Å²) in [7, 11) is 0. The molecule has 0 radical (unpaired) electrons. The zero-order chi connectivity index (χ0) is 14.8. The molecule has 0 aliphatic rings. The van der Waals surface area contributed by atoms with Gasteiger partial charge < -0.3 is 20.5 Å². The summed E-state index contributed by atoms with van der Waals surface area (Å²) in [6, 6.07) is 2.42. The Morgan fingerprint density at radius 3 is 2.75 bits per heavy atom. The fourth-order valence-electron chi connectivity index (χ4n) is 1.35. The molecule has 110 valence electrons. The van der Waals surface area contributed by atoms with Gasteiger partial charge in [-0.1, -0.05) is 13.3 Å². The monoisotopic (exact) mass is 281 g/mol. The third kappa shape index (κ3) is 6.14. The Kier molecular flexibility index (Phi) is 7.05. The van der Waals surface area contributed by atoms with Crippen molar-refractivity contribution >= 4 is 17.7 Å². The first-order valence-corrected chi connectivity index (χ1v) is 6.45. The SMILES string of the molecule is CCCCOCCNC(=O)Nc1ccc(C(=O)O)nc1. The van der Waals surface area contributed by atoms with Crippen LogP contribution in [0.4, 0.5) is 10.5 Å². The Hall–Kier alpha value is -2.15. The Bertz CT molecular complexity index is 434. The minimum absolute atomic E-state index is 0.0692. The number of unbranched alkanes of at least 4 members (excludes halogenated alkanes) is 1. The van der Waals surface area contributed by atoms with E-state index in [2.05, 4.69) is 22.5 Å². The van der Waals surface area contributed by atoms with Gasteiger partial charge in [-0.15, -0.1) is 0 Å². The number of pyridine rings is 1. The third-order valence-corrected chi connectivity index (χ3v) is 2.41. The number of anilines is 1. The molecule has 7 heteroatoms. The molecule has 0 bridgehead atoms. The molecule has 0 saturated heterocycles. The van der Waals surface area contributed by atoms with Gasteiger partial charge in [-0.05, 0) is 18.6 Å². The molecule has 1 heterocycles. The predicted molar refractivity (Wildman–Crippen MR) is 73.9 cm³/mol. The highest BCUT2D eigenvalue weighted by molar-refractivity contribution is 5.90. The highest BCUT2D eigenvalue weighted by atomic mass is 16.5. The number of carbonyl (C=O) groups is 2. The van der Waals surface area contributed by atoms with Crippen LogP contribution < -0.4 is 10.6 Å². The first-order valence-electron chi connectivity index (χ1n) is 6.45. The first kappa shape index (κ1) is 15.9. The molecule has 1 aromatic rings. The van der Waals surface area contributed by atoms with Crippen LogP contribution in [0.2, 0.25) is 0 Å². The van der Waals surface area contributed by atoms with Gasteiger partial charge in [-0.25, -0.2) is 14.6 Å². The predicted octanol–water partition coefficient (Wildman–Crippen LogP) is 1.72. The normalized spacial score (nSPS) is 10.1. The minimum atomic E-state index is -1.11. The molecule has 2 amide bonds. The first-order chi connectivity index (χ1) is 9.63. The second-order valence-electron chi connectivity index (χ2n) is 4.08. The summed E-state index contributed by atoms with van der Waals surface area (Å²) in [5, 5.41) is 13.9. The van der Waals surface area contributed by atoms with Crippen LogP contribution in [0.15, 0.2) is 18.3 Å². The number of carbonyl (C=O) groups excluding carboxylic acids is 1. The molecule has 0 aromatic carbocycles. The lowest BCUT2D eigenvalue weighted by atomic mass is 10.3. The second kappa shape index (κ2) is 8.87. The Labute approximate surface area is 117 Å². The lowest BCUT2D eigenvalue weighted by molar-refractivity contribution is 0.0690. The van der Waals surface area contributed by atoms with Gasteiger partial charge in [0.25, 0.3) is 0 Å². The molecule has 0 fully saturated rings. The number of hydrogen-bond acceptors (Lipinski definition) is 4. The van der Waals surface area contributed by atoms with E-state index in [1.54, 1.807) is 0 Å². The van der Waals surface area contributed by atoms with Crippen molar-refractivity contribution in [2.75, 3.05) is 25.1 Å². The van der Waals surface area contributed by atoms with Gasteiger partial charge in [0.05, 0.1) is 18.5 Å². The molecule has 0 aliphatic carbocycles. The van der Waals surface area contributed by atoms with Gasteiger partial charge in [0.15, 0.2) is 0 Å². The zero-order valence-electron chi connectivity index (χ0n) is 11.4. The quantitative estimate of drug-likeness (QED) is 0.630. The summed E-state index contributed by atoms with van der Waals surface area (Å²) in [6.07, 6.45) is 3.38. The summed E-state index contributed by atoms with van der Waals surface area (Å²) in [6.45, 7) is 3.65. The molecule has 7 nitrogen and oxygen atoms in total. The molecule has 0 saturated carbocycles. The molecule has 0 spiro atoms. The fourth-order valence-corrected chi connectivity index (χ4v) is 1.35.